The van der Waals surface area contributed by atoms with Crippen LogP contribution in [0.15, 0.2) is 18.5 Å². The molecule has 81 valence electrons. The van der Waals surface area contributed by atoms with Crippen molar-refractivity contribution in [3.8, 4) is 0 Å². The van der Waals surface area contributed by atoms with Gasteiger partial charge in [-0.3, -0.25) is 4.98 Å². The molecule has 0 aliphatic carbocycles. The van der Waals surface area contributed by atoms with Gasteiger partial charge in [-0.15, -0.1) is 0 Å². The first kappa shape index (κ1) is 10.9. The van der Waals surface area contributed by atoms with Crippen molar-refractivity contribution in [2.75, 3.05) is 0 Å². The van der Waals surface area contributed by atoms with Crippen molar-refractivity contribution in [1.82, 2.24) is 4.98 Å². The maximum atomic E-state index is 6.06. The van der Waals surface area contributed by atoms with Crippen molar-refractivity contribution >= 4 is 11.6 Å². The summed E-state index contributed by atoms with van der Waals surface area (Å²) in [6.45, 7) is 7.61. The highest BCUT2D eigenvalue weighted by atomic mass is 35.5. The summed E-state index contributed by atoms with van der Waals surface area (Å²) in [7, 11) is 0. The summed E-state index contributed by atoms with van der Waals surface area (Å²) in [5.74, 6) is -0.615. The minimum atomic E-state index is -0.615. The van der Waals surface area contributed by atoms with Crippen molar-refractivity contribution in [3.05, 3.63) is 36.0 Å². The van der Waals surface area contributed by atoms with Crippen molar-refractivity contribution in [2.24, 2.45) is 0 Å². The summed E-state index contributed by atoms with van der Waals surface area (Å²) >= 11 is 6.06. The maximum absolute atomic E-state index is 6.06. The monoisotopic (exact) mass is 226 g/mol. The second kappa shape index (κ2) is 3.74. The van der Waals surface area contributed by atoms with Crippen molar-refractivity contribution in [2.45, 2.75) is 31.8 Å². The van der Waals surface area contributed by atoms with Crippen LogP contribution in [0.1, 0.15) is 25.5 Å². The Labute approximate surface area is 94.4 Å². The molecule has 0 N–H and O–H groups in total. The molecular formula is C11H13ClNO2. The smallest absolute Gasteiger partial charge is 0.164 e. The van der Waals surface area contributed by atoms with Crippen molar-refractivity contribution < 1.29 is 9.47 Å². The van der Waals surface area contributed by atoms with Gasteiger partial charge in [0.2, 0.25) is 0 Å². The Morgan fingerprint density at radius 3 is 2.73 bits per heavy atom. The number of rotatable bonds is 1. The standard InChI is InChI=1S/C11H13ClNO2/c1-7-10(15-11(2,3)14-7)8-6-13-5-4-9(8)12/h4-7,10H,1H2,2-3H3. The number of hydrogen-bond acceptors (Lipinski definition) is 3. The lowest BCUT2D eigenvalue weighted by molar-refractivity contribution is -0.143. The number of ether oxygens (including phenoxy) is 2. The van der Waals surface area contributed by atoms with E-state index in [0.717, 1.165) is 5.56 Å². The van der Waals surface area contributed by atoms with E-state index in [4.69, 9.17) is 21.1 Å². The molecule has 1 aliphatic heterocycles. The highest BCUT2D eigenvalue weighted by Gasteiger charge is 2.40. The third-order valence-corrected chi connectivity index (χ3v) is 2.63. The summed E-state index contributed by atoms with van der Waals surface area (Å²) in [5.41, 5.74) is 0.824. The number of aromatic nitrogens is 1. The fraction of sp³-hybridized carbons (Fsp3) is 0.455. The number of pyridine rings is 1. The largest absolute Gasteiger partial charge is 0.344 e. The van der Waals surface area contributed by atoms with Gasteiger partial charge in [0.1, 0.15) is 6.10 Å². The van der Waals surface area contributed by atoms with Gasteiger partial charge in [-0.2, -0.15) is 0 Å². The quantitative estimate of drug-likeness (QED) is 0.738. The number of halogens is 1. The van der Waals surface area contributed by atoms with E-state index in [1.165, 1.54) is 0 Å². The molecule has 0 bridgehead atoms. The molecule has 0 spiro atoms. The fourth-order valence-electron chi connectivity index (χ4n) is 1.70. The van der Waals surface area contributed by atoms with Gasteiger partial charge in [0.05, 0.1) is 6.10 Å². The molecular weight excluding hydrogens is 214 g/mol. The third-order valence-electron chi connectivity index (χ3n) is 2.29. The summed E-state index contributed by atoms with van der Waals surface area (Å²) in [6.07, 6.45) is 2.82. The average molecular weight is 227 g/mol. The molecule has 2 unspecified atom stereocenters. The van der Waals surface area contributed by atoms with E-state index in [1.807, 2.05) is 13.8 Å². The van der Waals surface area contributed by atoms with Crippen LogP contribution in [0.5, 0.6) is 0 Å². The first-order chi connectivity index (χ1) is 6.99. The number of nitrogens with zero attached hydrogens (tertiary/aromatic N) is 1. The molecule has 0 saturated carbocycles. The Morgan fingerprint density at radius 1 is 1.47 bits per heavy atom. The lowest BCUT2D eigenvalue weighted by Gasteiger charge is -2.17. The highest BCUT2D eigenvalue weighted by molar-refractivity contribution is 6.31. The summed E-state index contributed by atoms with van der Waals surface area (Å²) in [4.78, 5) is 4.02. The van der Waals surface area contributed by atoms with Crippen LogP contribution >= 0.6 is 11.6 Å². The SMILES string of the molecule is [CH2]C1OC(C)(C)OC1c1cnccc1Cl. The van der Waals surface area contributed by atoms with E-state index in [2.05, 4.69) is 11.9 Å². The number of hydrogen-bond donors (Lipinski definition) is 0. The Balaban J connectivity index is 2.29. The second-order valence-electron chi connectivity index (χ2n) is 3.99. The molecule has 2 heterocycles. The summed E-state index contributed by atoms with van der Waals surface area (Å²) in [5, 5.41) is 0.630. The van der Waals surface area contributed by atoms with Gasteiger partial charge < -0.3 is 9.47 Å². The molecule has 0 amide bonds. The summed E-state index contributed by atoms with van der Waals surface area (Å²) in [6, 6.07) is 1.73. The predicted molar refractivity (Wildman–Crippen MR) is 57.4 cm³/mol. The van der Waals surface area contributed by atoms with Crippen molar-refractivity contribution in [3.63, 3.8) is 0 Å². The highest BCUT2D eigenvalue weighted by Crippen LogP contribution is 2.39. The van der Waals surface area contributed by atoms with E-state index in [0.29, 0.717) is 5.02 Å². The van der Waals surface area contributed by atoms with Crippen LogP contribution in [0, 0.1) is 6.92 Å². The third kappa shape index (κ3) is 2.14. The summed E-state index contributed by atoms with van der Waals surface area (Å²) < 4.78 is 11.3. The minimum Gasteiger partial charge on any atom is -0.344 e. The fourth-order valence-corrected chi connectivity index (χ4v) is 1.91. The predicted octanol–water partition coefficient (Wildman–Crippen LogP) is 2.76. The van der Waals surface area contributed by atoms with Crippen LogP contribution in [0.2, 0.25) is 5.02 Å². The maximum Gasteiger partial charge on any atom is 0.164 e. The van der Waals surface area contributed by atoms with E-state index < -0.39 is 5.79 Å². The van der Waals surface area contributed by atoms with Crippen LogP contribution in [-0.4, -0.2) is 16.9 Å². The molecule has 1 aliphatic rings. The normalized spacial score (nSPS) is 29.3. The Bertz CT molecular complexity index is 367. The molecule has 15 heavy (non-hydrogen) atoms. The van der Waals surface area contributed by atoms with Crippen LogP contribution in [0.4, 0.5) is 0 Å². The molecule has 3 nitrogen and oxygen atoms in total. The second-order valence-corrected chi connectivity index (χ2v) is 4.40. The van der Waals surface area contributed by atoms with Crippen molar-refractivity contribution in [1.29, 1.82) is 0 Å². The molecule has 4 heteroatoms. The van der Waals surface area contributed by atoms with Gasteiger partial charge in [-0.1, -0.05) is 11.6 Å². The van der Waals surface area contributed by atoms with Gasteiger partial charge in [0.15, 0.2) is 5.79 Å². The molecule has 1 saturated heterocycles. The van der Waals surface area contributed by atoms with Gasteiger partial charge in [-0.25, -0.2) is 0 Å². The van der Waals surface area contributed by atoms with Crippen LogP contribution in [0.25, 0.3) is 0 Å². The minimum absolute atomic E-state index is 0.249. The van der Waals surface area contributed by atoms with E-state index in [9.17, 15) is 0 Å². The van der Waals surface area contributed by atoms with E-state index in [-0.39, 0.29) is 12.2 Å². The zero-order chi connectivity index (χ0) is 11.1. The first-order valence-electron chi connectivity index (χ1n) is 4.78. The topological polar surface area (TPSA) is 31.4 Å². The van der Waals surface area contributed by atoms with Gasteiger partial charge in [0, 0.05) is 23.0 Å². The molecule has 2 rings (SSSR count). The zero-order valence-electron chi connectivity index (χ0n) is 8.74. The molecule has 1 aromatic rings. The Morgan fingerprint density at radius 2 is 2.20 bits per heavy atom. The van der Waals surface area contributed by atoms with E-state index in [1.54, 1.807) is 18.5 Å². The van der Waals surface area contributed by atoms with E-state index >= 15 is 0 Å². The Hall–Kier alpha value is -0.640. The lowest BCUT2D eigenvalue weighted by Crippen LogP contribution is -2.20. The molecule has 1 radical (unpaired) electrons. The Kier molecular flexibility index (Phi) is 2.71. The van der Waals surface area contributed by atoms with Crippen LogP contribution < -0.4 is 0 Å². The molecule has 1 fully saturated rings. The van der Waals surface area contributed by atoms with Gasteiger partial charge >= 0.3 is 0 Å². The van der Waals surface area contributed by atoms with Crippen LogP contribution in [-0.2, 0) is 9.47 Å². The lowest BCUT2D eigenvalue weighted by atomic mass is 10.1. The molecule has 1 aromatic heterocycles. The zero-order valence-corrected chi connectivity index (χ0v) is 9.49. The average Bonchev–Trinajstić information content (AvgIpc) is 2.40. The first-order valence-corrected chi connectivity index (χ1v) is 5.15. The van der Waals surface area contributed by atoms with Gasteiger partial charge in [-0.05, 0) is 26.8 Å². The molecule has 2 atom stereocenters. The van der Waals surface area contributed by atoms with Gasteiger partial charge in [0.25, 0.3) is 0 Å². The molecule has 0 aromatic carbocycles. The van der Waals surface area contributed by atoms with Crippen LogP contribution in [0.3, 0.4) is 0 Å².